The number of allylic oxidation sites excluding steroid dienone is 1. The van der Waals surface area contributed by atoms with Gasteiger partial charge in [0, 0.05) is 16.4 Å². The highest BCUT2D eigenvalue weighted by Crippen LogP contribution is 2.57. The van der Waals surface area contributed by atoms with Crippen LogP contribution in [0.3, 0.4) is 0 Å². The van der Waals surface area contributed by atoms with Gasteiger partial charge in [0.15, 0.2) is 0 Å². The van der Waals surface area contributed by atoms with E-state index >= 15 is 0 Å². The Labute approximate surface area is 200 Å². The van der Waals surface area contributed by atoms with Crippen molar-refractivity contribution in [1.29, 1.82) is 0 Å². The fourth-order valence-corrected chi connectivity index (χ4v) is 5.20. The minimum Gasteiger partial charge on any atom is -0.465 e. The van der Waals surface area contributed by atoms with Crippen LogP contribution in [-0.4, -0.2) is 30.6 Å². The molecule has 5 rings (SSSR count). The van der Waals surface area contributed by atoms with Crippen LogP contribution < -0.4 is 10.6 Å². The zero-order chi connectivity index (χ0) is 24.2. The number of esters is 1. The number of nitrogens with two attached hydrogens (primary N) is 1. The average Bonchev–Trinajstić information content (AvgIpc) is 3.03. The van der Waals surface area contributed by atoms with E-state index in [9.17, 15) is 14.4 Å². The summed E-state index contributed by atoms with van der Waals surface area (Å²) in [7, 11) is 1.18. The number of carbonyl (C=O) groups is 3. The first-order valence-electron chi connectivity index (χ1n) is 10.5. The summed E-state index contributed by atoms with van der Waals surface area (Å²) in [6, 6.07) is 14.1. The Morgan fingerprint density at radius 1 is 1.21 bits per heavy atom. The second kappa shape index (κ2) is 7.85. The van der Waals surface area contributed by atoms with Crippen molar-refractivity contribution in [3.8, 4) is 0 Å². The second-order valence-corrected chi connectivity index (χ2v) is 8.62. The van der Waals surface area contributed by atoms with Crippen LogP contribution in [0.4, 0.5) is 5.69 Å². The van der Waals surface area contributed by atoms with Crippen molar-refractivity contribution in [2.75, 3.05) is 12.0 Å². The summed E-state index contributed by atoms with van der Waals surface area (Å²) in [5.74, 6) is -3.34. The molecule has 3 aliphatic rings. The van der Waals surface area contributed by atoms with Crippen LogP contribution in [0.5, 0.6) is 0 Å². The number of dihydropyridines is 1. The number of nitrogens with zero attached hydrogens (tertiary/aromatic N) is 2. The Hall–Kier alpha value is -3.91. The standard InChI is InChI=1S/C25H20ClN3O5/c1-13-11-18-19(22(30)28-13)25(20(21(27)34-18)23(31)33-2)15-8-4-6-10-17(15)29(24(25)32)12-14-7-3-5-9-16(14)26/h3-11,19H,12,27H2,1-2H3. The van der Waals surface area contributed by atoms with Gasteiger partial charge in [0.05, 0.1) is 13.7 Å². The average molecular weight is 478 g/mol. The maximum Gasteiger partial charge on any atom is 0.340 e. The van der Waals surface area contributed by atoms with Crippen LogP contribution in [0.1, 0.15) is 18.1 Å². The summed E-state index contributed by atoms with van der Waals surface area (Å²) >= 11 is 6.39. The molecular weight excluding hydrogens is 458 g/mol. The Morgan fingerprint density at radius 3 is 2.65 bits per heavy atom. The predicted octanol–water partition coefficient (Wildman–Crippen LogP) is 3.00. The lowest BCUT2D eigenvalue weighted by Gasteiger charge is -2.41. The summed E-state index contributed by atoms with van der Waals surface area (Å²) in [5, 5.41) is 0.485. The van der Waals surface area contributed by atoms with Crippen LogP contribution in [-0.2, 0) is 35.8 Å². The van der Waals surface area contributed by atoms with E-state index in [0.29, 0.717) is 27.5 Å². The van der Waals surface area contributed by atoms with E-state index in [2.05, 4.69) is 4.99 Å². The molecule has 3 heterocycles. The lowest BCUT2D eigenvalue weighted by Crippen LogP contribution is -2.55. The first-order chi connectivity index (χ1) is 16.3. The number of amides is 2. The number of aliphatic imine (C=N–C) groups is 1. The van der Waals surface area contributed by atoms with Crippen LogP contribution in [0.25, 0.3) is 0 Å². The van der Waals surface area contributed by atoms with Crippen molar-refractivity contribution in [1.82, 2.24) is 0 Å². The lowest BCUT2D eigenvalue weighted by atomic mass is 9.63. The first-order valence-corrected chi connectivity index (χ1v) is 10.9. The zero-order valence-electron chi connectivity index (χ0n) is 18.4. The van der Waals surface area contributed by atoms with Crippen molar-refractivity contribution in [3.05, 3.63) is 88.0 Å². The van der Waals surface area contributed by atoms with Gasteiger partial charge < -0.3 is 20.1 Å². The summed E-state index contributed by atoms with van der Waals surface area (Å²) in [4.78, 5) is 46.4. The van der Waals surface area contributed by atoms with E-state index in [0.717, 1.165) is 0 Å². The van der Waals surface area contributed by atoms with E-state index in [-0.39, 0.29) is 23.8 Å². The molecule has 1 spiro atoms. The molecule has 2 atom stereocenters. The van der Waals surface area contributed by atoms with Gasteiger partial charge >= 0.3 is 5.97 Å². The summed E-state index contributed by atoms with van der Waals surface area (Å²) < 4.78 is 10.7. The summed E-state index contributed by atoms with van der Waals surface area (Å²) in [6.07, 6.45) is 1.56. The molecule has 0 bridgehead atoms. The highest BCUT2D eigenvalue weighted by molar-refractivity contribution is 6.31. The molecule has 0 saturated heterocycles. The van der Waals surface area contributed by atoms with Gasteiger partial charge in [0.2, 0.25) is 11.8 Å². The third-order valence-corrected chi connectivity index (χ3v) is 6.72. The maximum absolute atomic E-state index is 14.4. The quantitative estimate of drug-likeness (QED) is 0.680. The van der Waals surface area contributed by atoms with E-state index < -0.39 is 29.1 Å². The topological polar surface area (TPSA) is 111 Å². The lowest BCUT2D eigenvalue weighted by molar-refractivity contribution is -0.142. The third kappa shape index (κ3) is 2.92. The van der Waals surface area contributed by atoms with Crippen LogP contribution in [0.15, 0.2) is 76.8 Å². The van der Waals surface area contributed by atoms with Gasteiger partial charge in [-0.1, -0.05) is 48.0 Å². The molecule has 2 amide bonds. The van der Waals surface area contributed by atoms with E-state index in [1.54, 1.807) is 49.4 Å². The third-order valence-electron chi connectivity index (χ3n) is 6.35. The number of ether oxygens (including phenoxy) is 2. The normalized spacial score (nSPS) is 23.3. The smallest absolute Gasteiger partial charge is 0.340 e. The Bertz CT molecular complexity index is 1360. The van der Waals surface area contributed by atoms with Crippen molar-refractivity contribution in [2.24, 2.45) is 16.6 Å². The molecule has 2 unspecified atom stereocenters. The minimum absolute atomic E-state index is 0.120. The number of para-hydroxylation sites is 1. The van der Waals surface area contributed by atoms with Gasteiger partial charge in [-0.3, -0.25) is 9.59 Å². The second-order valence-electron chi connectivity index (χ2n) is 8.21. The first kappa shape index (κ1) is 21.9. The minimum atomic E-state index is -1.81. The van der Waals surface area contributed by atoms with Gasteiger partial charge in [-0.2, -0.15) is 0 Å². The molecule has 9 heteroatoms. The number of anilines is 1. The van der Waals surface area contributed by atoms with Gasteiger partial charge in [0.25, 0.3) is 5.91 Å². The van der Waals surface area contributed by atoms with Crippen LogP contribution in [0, 0.1) is 5.92 Å². The molecule has 2 aromatic rings. The number of methoxy groups -OCH3 is 1. The molecule has 8 nitrogen and oxygen atoms in total. The van der Waals surface area contributed by atoms with Gasteiger partial charge in [0.1, 0.15) is 22.7 Å². The molecule has 0 radical (unpaired) electrons. The monoisotopic (exact) mass is 477 g/mol. The molecule has 2 aromatic carbocycles. The fraction of sp³-hybridized carbons (Fsp3) is 0.200. The highest BCUT2D eigenvalue weighted by Gasteiger charge is 2.67. The van der Waals surface area contributed by atoms with E-state index in [4.69, 9.17) is 26.8 Å². The molecule has 0 fully saturated rings. The largest absolute Gasteiger partial charge is 0.465 e. The van der Waals surface area contributed by atoms with Crippen molar-refractivity contribution in [3.63, 3.8) is 0 Å². The number of carbonyl (C=O) groups excluding carboxylic acids is 3. The molecule has 0 saturated carbocycles. The summed E-state index contributed by atoms with van der Waals surface area (Å²) in [6.45, 7) is 1.76. The Morgan fingerprint density at radius 2 is 1.91 bits per heavy atom. The zero-order valence-corrected chi connectivity index (χ0v) is 19.1. The Kier molecular flexibility index (Phi) is 5.06. The molecular formula is C25H20ClN3O5. The molecule has 0 aromatic heterocycles. The number of rotatable bonds is 3. The predicted molar refractivity (Wildman–Crippen MR) is 125 cm³/mol. The Balaban J connectivity index is 1.80. The highest BCUT2D eigenvalue weighted by atomic mass is 35.5. The maximum atomic E-state index is 14.4. The SMILES string of the molecule is COC(=O)C1=C(N)OC2=CC(C)=NC(=O)C2C12C(=O)N(Cc1ccccc1Cl)c1ccccc12. The number of benzene rings is 2. The number of halogens is 1. The van der Waals surface area contributed by atoms with E-state index in [1.807, 2.05) is 12.1 Å². The summed E-state index contributed by atoms with van der Waals surface area (Å²) in [5.41, 5.74) is 6.28. The van der Waals surface area contributed by atoms with E-state index in [1.165, 1.54) is 12.0 Å². The van der Waals surface area contributed by atoms with Crippen molar-refractivity contribution in [2.45, 2.75) is 18.9 Å². The van der Waals surface area contributed by atoms with Gasteiger partial charge in [-0.15, -0.1) is 0 Å². The molecule has 34 heavy (non-hydrogen) atoms. The van der Waals surface area contributed by atoms with Crippen LogP contribution in [0.2, 0.25) is 5.02 Å². The van der Waals surface area contributed by atoms with Crippen molar-refractivity contribution < 1.29 is 23.9 Å². The van der Waals surface area contributed by atoms with Gasteiger partial charge in [-0.05, 0) is 36.3 Å². The molecule has 172 valence electrons. The number of hydrogen-bond donors (Lipinski definition) is 1. The molecule has 3 aliphatic heterocycles. The number of fused-ring (bicyclic) bond motifs is 4. The fourth-order valence-electron chi connectivity index (χ4n) is 5.00. The molecule has 0 aliphatic carbocycles. The molecule has 2 N–H and O–H groups in total. The van der Waals surface area contributed by atoms with Crippen LogP contribution >= 0.6 is 11.6 Å². The number of hydrogen-bond acceptors (Lipinski definition) is 6. The van der Waals surface area contributed by atoms with Crippen molar-refractivity contribution >= 4 is 40.8 Å². The van der Waals surface area contributed by atoms with Gasteiger partial charge in [-0.25, -0.2) is 9.79 Å².